The van der Waals surface area contributed by atoms with E-state index in [9.17, 15) is 5.11 Å². The lowest BCUT2D eigenvalue weighted by Gasteiger charge is -2.18. The maximum atomic E-state index is 9.24. The first-order valence-corrected chi connectivity index (χ1v) is 8.47. The van der Waals surface area contributed by atoms with Crippen molar-refractivity contribution in [2.24, 2.45) is 0 Å². The number of hydrogen-bond donors (Lipinski definition) is 1. The maximum absolute atomic E-state index is 9.24. The summed E-state index contributed by atoms with van der Waals surface area (Å²) in [5, 5.41) is 21.6. The number of aliphatic hydroxyl groups excluding tert-OH is 1. The first-order valence-electron chi connectivity index (χ1n) is 7.53. The highest BCUT2D eigenvalue weighted by Gasteiger charge is 2.13. The van der Waals surface area contributed by atoms with Crippen LogP contribution in [0.3, 0.4) is 0 Å². The molecule has 0 amide bonds. The molecule has 1 N–H and O–H groups in total. The summed E-state index contributed by atoms with van der Waals surface area (Å²) in [7, 11) is 0. The van der Waals surface area contributed by atoms with Gasteiger partial charge in [-0.15, -0.1) is 10.2 Å². The van der Waals surface area contributed by atoms with E-state index >= 15 is 0 Å². The molecule has 0 saturated carbocycles. The van der Waals surface area contributed by atoms with Crippen molar-refractivity contribution in [2.75, 3.05) is 13.2 Å². The second-order valence-corrected chi connectivity index (χ2v) is 6.10. The minimum atomic E-state index is 0.106. The van der Waals surface area contributed by atoms with E-state index in [0.717, 1.165) is 12.1 Å². The van der Waals surface area contributed by atoms with Crippen LogP contribution >= 0.6 is 11.3 Å². The van der Waals surface area contributed by atoms with Gasteiger partial charge in [0.05, 0.1) is 19.6 Å². The van der Waals surface area contributed by atoms with E-state index in [0.29, 0.717) is 31.3 Å². The summed E-state index contributed by atoms with van der Waals surface area (Å²) >= 11 is 1.67. The molecular formula is C17H19N3O2S. The van der Waals surface area contributed by atoms with Gasteiger partial charge in [0, 0.05) is 13.1 Å². The molecule has 120 valence electrons. The van der Waals surface area contributed by atoms with E-state index < -0.39 is 0 Å². The second-order valence-electron chi connectivity index (χ2n) is 5.32. The Bertz CT molecular complexity index is 698. The molecule has 6 heteroatoms. The predicted octanol–water partition coefficient (Wildman–Crippen LogP) is 2.72. The molecule has 3 aromatic rings. The lowest BCUT2D eigenvalue weighted by molar-refractivity contribution is 0.172. The summed E-state index contributed by atoms with van der Waals surface area (Å²) in [4.78, 5) is 2.10. The molecule has 0 atom stereocenters. The van der Waals surface area contributed by atoms with Crippen LogP contribution in [-0.4, -0.2) is 33.4 Å². The summed E-state index contributed by atoms with van der Waals surface area (Å²) < 4.78 is 5.74. The van der Waals surface area contributed by atoms with Gasteiger partial charge >= 0.3 is 0 Å². The Labute approximate surface area is 139 Å². The lowest BCUT2D eigenvalue weighted by atomic mass is 10.2. The van der Waals surface area contributed by atoms with Crippen molar-refractivity contribution in [2.45, 2.75) is 19.5 Å². The zero-order chi connectivity index (χ0) is 15.9. The Hall–Kier alpha value is -2.02. The monoisotopic (exact) mass is 329 g/mol. The molecule has 2 heterocycles. The molecule has 0 unspecified atom stereocenters. The van der Waals surface area contributed by atoms with Crippen molar-refractivity contribution in [3.05, 3.63) is 70.1 Å². The zero-order valence-electron chi connectivity index (χ0n) is 12.8. The van der Waals surface area contributed by atoms with Gasteiger partial charge in [0.2, 0.25) is 11.8 Å². The van der Waals surface area contributed by atoms with Crippen LogP contribution in [0.5, 0.6) is 0 Å². The topological polar surface area (TPSA) is 62.4 Å². The van der Waals surface area contributed by atoms with Crippen molar-refractivity contribution in [1.82, 2.24) is 15.1 Å². The Morgan fingerprint density at radius 1 is 1.00 bits per heavy atom. The zero-order valence-corrected chi connectivity index (χ0v) is 13.6. The molecule has 1 aromatic carbocycles. The predicted molar refractivity (Wildman–Crippen MR) is 89.1 cm³/mol. The first kappa shape index (κ1) is 15.9. The van der Waals surface area contributed by atoms with E-state index in [4.69, 9.17) is 4.42 Å². The molecule has 0 bridgehead atoms. The maximum Gasteiger partial charge on any atom is 0.230 e. The fourth-order valence-electron chi connectivity index (χ4n) is 2.38. The Morgan fingerprint density at radius 3 is 2.57 bits per heavy atom. The summed E-state index contributed by atoms with van der Waals surface area (Å²) in [6.07, 6.45) is 0.637. The molecule has 2 aromatic heterocycles. The number of hydrogen-bond acceptors (Lipinski definition) is 6. The number of aliphatic hydroxyl groups is 1. The molecule has 0 aliphatic carbocycles. The smallest absolute Gasteiger partial charge is 0.230 e. The standard InChI is InChI=1S/C17H19N3O2S/c21-8-7-20(11-15-6-9-23-13-15)12-17-19-18-16(22-17)10-14-4-2-1-3-5-14/h1-6,9,13,21H,7-8,10-12H2. The highest BCUT2D eigenvalue weighted by Crippen LogP contribution is 2.13. The van der Waals surface area contributed by atoms with Gasteiger partial charge in [0.1, 0.15) is 0 Å². The second kappa shape index (κ2) is 8.01. The number of aromatic nitrogens is 2. The van der Waals surface area contributed by atoms with Crippen molar-refractivity contribution < 1.29 is 9.52 Å². The Morgan fingerprint density at radius 2 is 1.83 bits per heavy atom. The third kappa shape index (κ3) is 4.72. The van der Waals surface area contributed by atoms with Crippen LogP contribution in [-0.2, 0) is 19.5 Å². The number of nitrogens with zero attached hydrogens (tertiary/aromatic N) is 3. The van der Waals surface area contributed by atoms with Crippen molar-refractivity contribution >= 4 is 11.3 Å². The van der Waals surface area contributed by atoms with Crippen LogP contribution in [0, 0.1) is 0 Å². The fourth-order valence-corrected chi connectivity index (χ4v) is 3.04. The molecule has 0 saturated heterocycles. The normalized spacial score (nSPS) is 11.2. The fraction of sp³-hybridized carbons (Fsp3) is 0.294. The number of thiophene rings is 1. The van der Waals surface area contributed by atoms with Crippen LogP contribution < -0.4 is 0 Å². The average Bonchev–Trinajstić information content (AvgIpc) is 3.21. The van der Waals surface area contributed by atoms with Crippen molar-refractivity contribution in [1.29, 1.82) is 0 Å². The van der Waals surface area contributed by atoms with E-state index in [1.54, 1.807) is 11.3 Å². The van der Waals surface area contributed by atoms with Crippen LogP contribution in [0.1, 0.15) is 22.9 Å². The quantitative estimate of drug-likeness (QED) is 0.688. The third-order valence-electron chi connectivity index (χ3n) is 3.47. The molecule has 0 spiro atoms. The van der Waals surface area contributed by atoms with Crippen molar-refractivity contribution in [3.63, 3.8) is 0 Å². The third-order valence-corrected chi connectivity index (χ3v) is 4.20. The molecule has 3 rings (SSSR count). The average molecular weight is 329 g/mol. The van der Waals surface area contributed by atoms with Crippen LogP contribution in [0.15, 0.2) is 51.6 Å². The molecule has 0 aliphatic rings. The van der Waals surface area contributed by atoms with Gasteiger partial charge in [-0.25, -0.2) is 0 Å². The van der Waals surface area contributed by atoms with E-state index in [2.05, 4.69) is 31.9 Å². The minimum Gasteiger partial charge on any atom is -0.424 e. The molecule has 0 radical (unpaired) electrons. The Kier molecular flexibility index (Phi) is 5.52. The van der Waals surface area contributed by atoms with E-state index in [1.807, 2.05) is 30.3 Å². The van der Waals surface area contributed by atoms with Gasteiger partial charge in [0.25, 0.3) is 0 Å². The molecule has 5 nitrogen and oxygen atoms in total. The largest absolute Gasteiger partial charge is 0.424 e. The van der Waals surface area contributed by atoms with Gasteiger partial charge in [-0.3, -0.25) is 4.90 Å². The highest BCUT2D eigenvalue weighted by molar-refractivity contribution is 7.07. The SMILES string of the molecule is OCCN(Cc1ccsc1)Cc1nnc(Cc2ccccc2)o1. The van der Waals surface area contributed by atoms with Gasteiger partial charge in [-0.1, -0.05) is 30.3 Å². The van der Waals surface area contributed by atoms with Gasteiger partial charge < -0.3 is 9.52 Å². The Balaban J connectivity index is 1.62. The van der Waals surface area contributed by atoms with Crippen LogP contribution in [0.4, 0.5) is 0 Å². The van der Waals surface area contributed by atoms with Crippen LogP contribution in [0.25, 0.3) is 0 Å². The van der Waals surface area contributed by atoms with Gasteiger partial charge in [-0.2, -0.15) is 11.3 Å². The van der Waals surface area contributed by atoms with Crippen molar-refractivity contribution in [3.8, 4) is 0 Å². The summed E-state index contributed by atoms with van der Waals surface area (Å²) in [5.74, 6) is 1.20. The molecular weight excluding hydrogens is 310 g/mol. The van der Waals surface area contributed by atoms with Crippen LogP contribution in [0.2, 0.25) is 0 Å². The summed E-state index contributed by atoms with van der Waals surface area (Å²) in [5.41, 5.74) is 2.38. The molecule has 23 heavy (non-hydrogen) atoms. The minimum absolute atomic E-state index is 0.106. The molecule has 0 fully saturated rings. The first-order chi connectivity index (χ1) is 11.3. The van der Waals surface area contributed by atoms with E-state index in [1.165, 1.54) is 5.56 Å². The summed E-state index contributed by atoms with van der Waals surface area (Å²) in [6, 6.07) is 12.1. The highest BCUT2D eigenvalue weighted by atomic mass is 32.1. The molecule has 0 aliphatic heterocycles. The van der Waals surface area contributed by atoms with E-state index in [-0.39, 0.29) is 6.61 Å². The lowest BCUT2D eigenvalue weighted by Crippen LogP contribution is -2.26. The number of rotatable bonds is 8. The van der Waals surface area contributed by atoms with Gasteiger partial charge in [0.15, 0.2) is 0 Å². The number of benzene rings is 1. The summed E-state index contributed by atoms with van der Waals surface area (Å²) in [6.45, 7) is 1.99. The van der Waals surface area contributed by atoms with Gasteiger partial charge in [-0.05, 0) is 28.0 Å².